The van der Waals surface area contributed by atoms with Crippen LogP contribution in [0.3, 0.4) is 0 Å². The molecule has 3 aromatic carbocycles. The van der Waals surface area contributed by atoms with Crippen LogP contribution in [-0.4, -0.2) is 16.6 Å². The van der Waals surface area contributed by atoms with E-state index in [0.29, 0.717) is 6.42 Å². The van der Waals surface area contributed by atoms with Crippen LogP contribution in [0.25, 0.3) is 0 Å². The zero-order valence-corrected chi connectivity index (χ0v) is 16.9. The highest BCUT2D eigenvalue weighted by atomic mass is 79.9. The summed E-state index contributed by atoms with van der Waals surface area (Å²) >= 11 is 3.49. The molecule has 3 aromatic rings. The Labute approximate surface area is 176 Å². The van der Waals surface area contributed by atoms with Crippen molar-refractivity contribution in [3.63, 3.8) is 0 Å². The van der Waals surface area contributed by atoms with E-state index in [4.69, 9.17) is 9.84 Å². The molecule has 0 saturated carbocycles. The monoisotopic (exact) mass is 445 g/mol. The van der Waals surface area contributed by atoms with E-state index < -0.39 is 5.72 Å². The Morgan fingerprint density at radius 1 is 1.03 bits per heavy atom. The number of hydrogen-bond donors (Lipinski definition) is 1. The number of ether oxygens (including phenoxy) is 1. The Morgan fingerprint density at radius 2 is 1.79 bits per heavy atom. The number of fused-ring (bicyclic) bond motifs is 6. The Kier molecular flexibility index (Phi) is 3.44. The van der Waals surface area contributed by atoms with Crippen LogP contribution in [0.5, 0.6) is 5.75 Å². The van der Waals surface area contributed by atoms with E-state index in [0.717, 1.165) is 38.3 Å². The Balaban J connectivity index is 1.56. The predicted molar refractivity (Wildman–Crippen MR) is 114 cm³/mol. The Bertz CT molecular complexity index is 1190. The van der Waals surface area contributed by atoms with Crippen molar-refractivity contribution in [3.8, 4) is 5.75 Å². The van der Waals surface area contributed by atoms with Crippen molar-refractivity contribution >= 4 is 33.2 Å². The number of anilines is 1. The van der Waals surface area contributed by atoms with Gasteiger partial charge < -0.3 is 10.1 Å². The highest BCUT2D eigenvalue weighted by molar-refractivity contribution is 9.10. The van der Waals surface area contributed by atoms with Crippen molar-refractivity contribution in [2.45, 2.75) is 18.2 Å². The van der Waals surface area contributed by atoms with Gasteiger partial charge in [0.2, 0.25) is 0 Å². The molecule has 3 heterocycles. The zero-order chi connectivity index (χ0) is 19.6. The smallest absolute Gasteiger partial charge is 0.306 e. The molecule has 2 unspecified atom stereocenters. The summed E-state index contributed by atoms with van der Waals surface area (Å²) in [5.41, 5.74) is 3.30. The van der Waals surface area contributed by atoms with E-state index in [-0.39, 0.29) is 11.9 Å². The first-order valence-corrected chi connectivity index (χ1v) is 10.3. The number of hydrogen-bond acceptors (Lipinski definition) is 4. The van der Waals surface area contributed by atoms with E-state index in [1.165, 1.54) is 0 Å². The molecule has 3 aliphatic heterocycles. The van der Waals surface area contributed by atoms with Crippen molar-refractivity contribution in [1.82, 2.24) is 5.01 Å². The summed E-state index contributed by atoms with van der Waals surface area (Å²) < 4.78 is 7.46. The molecule has 0 aliphatic carbocycles. The second-order valence-electron chi connectivity index (χ2n) is 7.40. The molecule has 0 fully saturated rings. The largest absolute Gasteiger partial charge is 0.453 e. The van der Waals surface area contributed by atoms with Crippen molar-refractivity contribution in [1.29, 1.82) is 0 Å². The SMILES string of the molecule is O=C1Nc2ccccc2C12Oc1ccccc1C1CC(c3ccc(Br)cc3)=NN12. The van der Waals surface area contributed by atoms with Gasteiger partial charge in [-0.05, 0) is 29.8 Å². The first-order valence-electron chi connectivity index (χ1n) is 9.48. The summed E-state index contributed by atoms with van der Waals surface area (Å²) in [7, 11) is 0. The maximum atomic E-state index is 13.3. The van der Waals surface area contributed by atoms with Crippen molar-refractivity contribution in [2.75, 3.05) is 5.32 Å². The number of carbonyl (C=O) groups excluding carboxylic acids is 1. The van der Waals surface area contributed by atoms with Crippen LogP contribution >= 0.6 is 15.9 Å². The lowest BCUT2D eigenvalue weighted by molar-refractivity contribution is -0.161. The van der Waals surface area contributed by atoms with Crippen LogP contribution in [0.15, 0.2) is 82.4 Å². The fourth-order valence-corrected chi connectivity index (χ4v) is 4.72. The first-order chi connectivity index (χ1) is 14.2. The summed E-state index contributed by atoms with van der Waals surface area (Å²) in [5.74, 6) is 0.520. The van der Waals surface area contributed by atoms with Gasteiger partial charge in [0.1, 0.15) is 5.75 Å². The molecule has 0 radical (unpaired) electrons. The summed E-state index contributed by atoms with van der Waals surface area (Å²) in [6.07, 6.45) is 0.708. The number of rotatable bonds is 1. The van der Waals surface area contributed by atoms with Gasteiger partial charge in [-0.1, -0.05) is 64.5 Å². The fraction of sp³-hybridized carbons (Fsp3) is 0.130. The van der Waals surface area contributed by atoms with E-state index in [1.54, 1.807) is 0 Å². The fourth-order valence-electron chi connectivity index (χ4n) is 4.46. The number of hydrazone groups is 1. The third-order valence-electron chi connectivity index (χ3n) is 5.79. The molecule has 29 heavy (non-hydrogen) atoms. The number of benzene rings is 3. The van der Waals surface area contributed by atoms with E-state index >= 15 is 0 Å². The van der Waals surface area contributed by atoms with Gasteiger partial charge in [0.15, 0.2) is 0 Å². The van der Waals surface area contributed by atoms with Crippen LogP contribution in [0.1, 0.15) is 29.2 Å². The minimum atomic E-state index is -1.30. The molecule has 142 valence electrons. The molecule has 5 nitrogen and oxygen atoms in total. The van der Waals surface area contributed by atoms with Crippen molar-refractivity contribution < 1.29 is 9.53 Å². The number of nitrogens with one attached hydrogen (secondary N) is 1. The third kappa shape index (κ3) is 2.26. The first kappa shape index (κ1) is 16.8. The zero-order valence-electron chi connectivity index (χ0n) is 15.3. The molecule has 2 atom stereocenters. The maximum Gasteiger partial charge on any atom is 0.306 e. The number of nitrogens with zero attached hydrogens (tertiary/aromatic N) is 2. The standard InChI is InChI=1S/C23H16BrN3O2/c24-15-11-9-14(10-12-15)19-13-20-16-5-1-4-8-21(16)29-23(27(20)26-19)17-6-2-3-7-18(17)25-22(23)28/h1-12,20H,13H2,(H,25,28). The lowest BCUT2D eigenvalue weighted by Gasteiger charge is -2.43. The normalized spacial score (nSPS) is 23.8. The molecule has 0 saturated heterocycles. The Hall–Kier alpha value is -3.12. The average molecular weight is 446 g/mol. The summed E-state index contributed by atoms with van der Waals surface area (Å²) in [6.45, 7) is 0. The van der Waals surface area contributed by atoms with Crippen LogP contribution in [0.2, 0.25) is 0 Å². The van der Waals surface area contributed by atoms with Crippen LogP contribution < -0.4 is 10.1 Å². The minimum absolute atomic E-state index is 0.0736. The van der Waals surface area contributed by atoms with E-state index in [1.807, 2.05) is 71.7 Å². The number of para-hydroxylation sites is 2. The van der Waals surface area contributed by atoms with Gasteiger partial charge in [0.25, 0.3) is 5.91 Å². The van der Waals surface area contributed by atoms with Crippen LogP contribution in [0.4, 0.5) is 5.69 Å². The molecule has 1 spiro atoms. The summed E-state index contributed by atoms with van der Waals surface area (Å²) in [4.78, 5) is 13.3. The van der Waals surface area contributed by atoms with E-state index in [9.17, 15) is 4.79 Å². The predicted octanol–water partition coefficient (Wildman–Crippen LogP) is 4.80. The molecule has 6 heteroatoms. The number of carbonyl (C=O) groups is 1. The second-order valence-corrected chi connectivity index (χ2v) is 8.32. The summed E-state index contributed by atoms with van der Waals surface area (Å²) in [6, 6.07) is 23.6. The molecule has 0 bridgehead atoms. The molecular formula is C23H16BrN3O2. The van der Waals surface area contributed by atoms with Gasteiger partial charge in [-0.15, -0.1) is 0 Å². The summed E-state index contributed by atoms with van der Waals surface area (Å²) in [5, 5.41) is 9.78. The lowest BCUT2D eigenvalue weighted by Crippen LogP contribution is -2.55. The average Bonchev–Trinajstić information content (AvgIpc) is 3.30. The van der Waals surface area contributed by atoms with Gasteiger partial charge in [-0.25, -0.2) is 5.01 Å². The topological polar surface area (TPSA) is 53.9 Å². The molecule has 6 rings (SSSR count). The number of halogens is 1. The highest BCUT2D eigenvalue weighted by Gasteiger charge is 2.60. The number of amides is 1. The van der Waals surface area contributed by atoms with Gasteiger partial charge >= 0.3 is 5.72 Å². The Morgan fingerprint density at radius 3 is 2.66 bits per heavy atom. The quantitative estimate of drug-likeness (QED) is 0.585. The molecule has 1 N–H and O–H groups in total. The van der Waals surface area contributed by atoms with Gasteiger partial charge in [-0.3, -0.25) is 4.79 Å². The second kappa shape index (κ2) is 5.94. The van der Waals surface area contributed by atoms with Crippen LogP contribution in [0, 0.1) is 0 Å². The molecular weight excluding hydrogens is 430 g/mol. The third-order valence-corrected chi connectivity index (χ3v) is 6.32. The van der Waals surface area contributed by atoms with Crippen molar-refractivity contribution in [3.05, 3.63) is 94.0 Å². The molecule has 0 aromatic heterocycles. The van der Waals surface area contributed by atoms with E-state index in [2.05, 4.69) is 27.3 Å². The minimum Gasteiger partial charge on any atom is -0.453 e. The molecule has 1 amide bonds. The molecule has 3 aliphatic rings. The highest BCUT2D eigenvalue weighted by Crippen LogP contribution is 2.53. The maximum absolute atomic E-state index is 13.3. The van der Waals surface area contributed by atoms with Gasteiger partial charge in [0.05, 0.1) is 23.0 Å². The van der Waals surface area contributed by atoms with Crippen molar-refractivity contribution in [2.24, 2.45) is 5.10 Å². The lowest BCUT2D eigenvalue weighted by atomic mass is 9.92. The van der Waals surface area contributed by atoms with Gasteiger partial charge in [0, 0.05) is 16.5 Å². The van der Waals surface area contributed by atoms with Crippen LogP contribution in [-0.2, 0) is 10.5 Å². The van der Waals surface area contributed by atoms with Gasteiger partial charge in [-0.2, -0.15) is 5.10 Å².